The van der Waals surface area contributed by atoms with Gasteiger partial charge in [0.2, 0.25) is 0 Å². The van der Waals surface area contributed by atoms with Crippen molar-refractivity contribution in [3.8, 4) is 5.75 Å². The summed E-state index contributed by atoms with van der Waals surface area (Å²) >= 11 is 17.6. The third kappa shape index (κ3) is 4.53. The Labute approximate surface area is 169 Å². The highest BCUT2D eigenvalue weighted by Gasteiger charge is 2.26. The number of rotatable bonds is 4. The topological polar surface area (TPSA) is 27.7 Å². The summed E-state index contributed by atoms with van der Waals surface area (Å²) in [5, 5.41) is 4.90. The lowest BCUT2D eigenvalue weighted by Crippen LogP contribution is -2.47. The van der Waals surface area contributed by atoms with Crippen LogP contribution in [-0.2, 0) is 0 Å². The van der Waals surface area contributed by atoms with Crippen LogP contribution >= 0.6 is 35.4 Å². The Morgan fingerprint density at radius 2 is 1.96 bits per heavy atom. The quantitative estimate of drug-likeness (QED) is 0.724. The second-order valence-electron chi connectivity index (χ2n) is 6.22. The van der Waals surface area contributed by atoms with E-state index in [2.05, 4.69) is 23.2 Å². The van der Waals surface area contributed by atoms with E-state index in [1.165, 1.54) is 0 Å². The summed E-state index contributed by atoms with van der Waals surface area (Å²) in [7, 11) is 1.95. The number of nitrogens with one attached hydrogen (secondary N) is 1. The largest absolute Gasteiger partial charge is 0.485 e. The first kappa shape index (κ1) is 19.1. The number of halogens is 2. The third-order valence-corrected chi connectivity index (χ3v) is 5.09. The molecule has 1 aliphatic heterocycles. The van der Waals surface area contributed by atoms with E-state index in [4.69, 9.17) is 40.2 Å². The van der Waals surface area contributed by atoms with Crippen molar-refractivity contribution < 1.29 is 4.74 Å². The van der Waals surface area contributed by atoms with E-state index < -0.39 is 0 Å². The average Bonchev–Trinajstić information content (AvgIpc) is 2.60. The van der Waals surface area contributed by atoms with Crippen LogP contribution in [0.25, 0.3) is 0 Å². The van der Waals surface area contributed by atoms with Gasteiger partial charge in [0.25, 0.3) is 0 Å². The highest BCUT2D eigenvalue weighted by Crippen LogP contribution is 2.33. The number of para-hydroxylation sites is 2. The molecule has 0 spiro atoms. The van der Waals surface area contributed by atoms with Gasteiger partial charge in [-0.3, -0.25) is 0 Å². The van der Waals surface area contributed by atoms with E-state index in [-0.39, 0.29) is 6.10 Å². The van der Waals surface area contributed by atoms with Crippen molar-refractivity contribution in [3.63, 3.8) is 0 Å². The molecule has 0 amide bonds. The summed E-state index contributed by atoms with van der Waals surface area (Å²) < 4.78 is 6.16. The van der Waals surface area contributed by atoms with Crippen molar-refractivity contribution in [3.05, 3.63) is 52.5 Å². The molecule has 0 saturated carbocycles. The molecule has 1 N–H and O–H groups in total. The van der Waals surface area contributed by atoms with E-state index in [0.29, 0.717) is 21.7 Å². The van der Waals surface area contributed by atoms with Gasteiger partial charge in [0, 0.05) is 29.3 Å². The van der Waals surface area contributed by atoms with Gasteiger partial charge in [0.15, 0.2) is 5.11 Å². The number of hydrogen-bond acceptors (Lipinski definition) is 3. The van der Waals surface area contributed by atoms with Crippen LogP contribution < -0.4 is 15.0 Å². The van der Waals surface area contributed by atoms with Gasteiger partial charge in [0.1, 0.15) is 11.9 Å². The van der Waals surface area contributed by atoms with Gasteiger partial charge in [-0.1, -0.05) is 35.3 Å². The molecule has 7 heteroatoms. The second-order valence-corrected chi connectivity index (χ2v) is 7.47. The van der Waals surface area contributed by atoms with Crippen LogP contribution in [0.3, 0.4) is 0 Å². The van der Waals surface area contributed by atoms with Crippen molar-refractivity contribution in [1.82, 2.24) is 4.90 Å². The normalized spacial score (nSPS) is 15.8. The molecule has 0 fully saturated rings. The van der Waals surface area contributed by atoms with Crippen LogP contribution in [0.5, 0.6) is 5.75 Å². The molecule has 2 aromatic rings. The number of thiocarbonyl (C=S) groups is 1. The smallest absolute Gasteiger partial charge is 0.173 e. The molecule has 4 nitrogen and oxygen atoms in total. The summed E-state index contributed by atoms with van der Waals surface area (Å²) in [5.41, 5.74) is 1.91. The SMILES string of the molecule is CCN1C[C@@H](CN(C)C(=S)Nc2cc(Cl)cc(Cl)c2)Oc2ccccc21. The number of anilines is 2. The molecule has 2 aromatic carbocycles. The molecule has 138 valence electrons. The maximum atomic E-state index is 6.16. The van der Waals surface area contributed by atoms with E-state index in [1.54, 1.807) is 18.2 Å². The zero-order valence-corrected chi connectivity index (χ0v) is 17.0. The fourth-order valence-electron chi connectivity index (χ4n) is 3.01. The van der Waals surface area contributed by atoms with Crippen LogP contribution in [0.1, 0.15) is 6.92 Å². The molecule has 0 saturated heterocycles. The molecule has 26 heavy (non-hydrogen) atoms. The van der Waals surface area contributed by atoms with Gasteiger partial charge in [-0.2, -0.15) is 0 Å². The lowest BCUT2D eigenvalue weighted by molar-refractivity contribution is 0.169. The van der Waals surface area contributed by atoms with E-state index >= 15 is 0 Å². The maximum Gasteiger partial charge on any atom is 0.173 e. The summed E-state index contributed by atoms with van der Waals surface area (Å²) in [4.78, 5) is 4.29. The maximum absolute atomic E-state index is 6.16. The van der Waals surface area contributed by atoms with Crippen LogP contribution in [0.4, 0.5) is 11.4 Å². The first-order valence-electron chi connectivity index (χ1n) is 8.45. The van der Waals surface area contributed by atoms with E-state index in [0.717, 1.165) is 30.2 Å². The first-order valence-corrected chi connectivity index (χ1v) is 9.61. The van der Waals surface area contributed by atoms with E-state index in [9.17, 15) is 0 Å². The lowest BCUT2D eigenvalue weighted by Gasteiger charge is -2.37. The summed E-state index contributed by atoms with van der Waals surface area (Å²) in [6, 6.07) is 13.4. The van der Waals surface area contributed by atoms with Crippen LogP contribution in [0.15, 0.2) is 42.5 Å². The summed E-state index contributed by atoms with van der Waals surface area (Å²) in [6.07, 6.45) is 0.0255. The first-order chi connectivity index (χ1) is 12.5. The number of likely N-dealkylation sites (N-methyl/N-ethyl adjacent to an activating group) is 2. The minimum absolute atomic E-state index is 0.0255. The van der Waals surface area contributed by atoms with Gasteiger partial charge in [-0.25, -0.2) is 0 Å². The minimum Gasteiger partial charge on any atom is -0.485 e. The van der Waals surface area contributed by atoms with Gasteiger partial charge >= 0.3 is 0 Å². The van der Waals surface area contributed by atoms with Crippen molar-refractivity contribution in [2.75, 3.05) is 36.9 Å². The Hall–Kier alpha value is -1.69. The third-order valence-electron chi connectivity index (χ3n) is 4.24. The zero-order valence-electron chi connectivity index (χ0n) is 14.7. The Bertz CT molecular complexity index is 782. The molecule has 0 unspecified atom stereocenters. The molecular formula is C19H21Cl2N3OS. The van der Waals surface area contributed by atoms with Gasteiger partial charge < -0.3 is 19.9 Å². The molecule has 1 atom stereocenters. The molecule has 0 bridgehead atoms. The second kappa shape index (κ2) is 8.33. The minimum atomic E-state index is 0.0255. The lowest BCUT2D eigenvalue weighted by atomic mass is 10.2. The molecule has 0 aliphatic carbocycles. The number of ether oxygens (including phenoxy) is 1. The zero-order chi connectivity index (χ0) is 18.7. The molecular weight excluding hydrogens is 389 g/mol. The number of benzene rings is 2. The Morgan fingerprint density at radius 3 is 2.65 bits per heavy atom. The molecule has 1 aliphatic rings. The monoisotopic (exact) mass is 409 g/mol. The summed E-state index contributed by atoms with van der Waals surface area (Å²) in [5.74, 6) is 0.916. The van der Waals surface area contributed by atoms with Crippen LogP contribution in [0.2, 0.25) is 10.0 Å². The number of fused-ring (bicyclic) bond motifs is 1. The summed E-state index contributed by atoms with van der Waals surface area (Å²) in [6.45, 7) is 4.58. The molecule has 0 radical (unpaired) electrons. The van der Waals surface area contributed by atoms with E-state index in [1.807, 2.05) is 30.1 Å². The van der Waals surface area contributed by atoms with Gasteiger partial charge in [-0.15, -0.1) is 0 Å². The standard InChI is InChI=1S/C19H21Cl2N3OS/c1-3-24-12-16(25-18-7-5-4-6-17(18)24)11-23(2)19(26)22-15-9-13(20)8-14(21)10-15/h4-10,16H,3,11-12H2,1-2H3,(H,22,26)/t16-/m1/s1. The van der Waals surface area contributed by atoms with Crippen molar-refractivity contribution in [2.45, 2.75) is 13.0 Å². The predicted molar refractivity (Wildman–Crippen MR) is 114 cm³/mol. The van der Waals surface area contributed by atoms with Crippen molar-refractivity contribution in [2.24, 2.45) is 0 Å². The highest BCUT2D eigenvalue weighted by molar-refractivity contribution is 7.80. The molecule has 0 aromatic heterocycles. The van der Waals surface area contributed by atoms with Gasteiger partial charge in [-0.05, 0) is 49.5 Å². The van der Waals surface area contributed by atoms with Crippen molar-refractivity contribution >= 4 is 51.9 Å². The molecule has 1 heterocycles. The Balaban J connectivity index is 1.64. The highest BCUT2D eigenvalue weighted by atomic mass is 35.5. The Kier molecular flexibility index (Phi) is 6.12. The van der Waals surface area contributed by atoms with Crippen molar-refractivity contribution in [1.29, 1.82) is 0 Å². The fraction of sp³-hybridized carbons (Fsp3) is 0.316. The average molecular weight is 410 g/mol. The molecule has 3 rings (SSSR count). The number of nitrogens with zero attached hydrogens (tertiary/aromatic N) is 2. The number of hydrogen-bond donors (Lipinski definition) is 1. The fourth-order valence-corrected chi connectivity index (χ4v) is 3.73. The van der Waals surface area contributed by atoms with Crippen LogP contribution in [-0.4, -0.2) is 42.8 Å². The predicted octanol–water partition coefficient (Wildman–Crippen LogP) is 4.91. The van der Waals surface area contributed by atoms with Gasteiger partial charge in [0.05, 0.1) is 18.8 Å². The van der Waals surface area contributed by atoms with Crippen LogP contribution in [0, 0.1) is 0 Å². The Morgan fingerprint density at radius 1 is 1.27 bits per heavy atom.